The Balaban J connectivity index is 1.38. The van der Waals surface area contributed by atoms with Crippen LogP contribution in [0.1, 0.15) is 30.6 Å². The van der Waals surface area contributed by atoms with Crippen molar-refractivity contribution in [3.63, 3.8) is 0 Å². The van der Waals surface area contributed by atoms with Gasteiger partial charge in [0.1, 0.15) is 12.4 Å². The van der Waals surface area contributed by atoms with Crippen molar-refractivity contribution in [3.8, 4) is 11.3 Å². The van der Waals surface area contributed by atoms with Crippen molar-refractivity contribution in [2.24, 2.45) is 0 Å². The second-order valence-electron chi connectivity index (χ2n) is 8.79. The van der Waals surface area contributed by atoms with E-state index in [0.717, 1.165) is 11.4 Å². The van der Waals surface area contributed by atoms with Crippen LogP contribution in [0.2, 0.25) is 5.02 Å². The van der Waals surface area contributed by atoms with E-state index >= 15 is 0 Å². The van der Waals surface area contributed by atoms with Gasteiger partial charge in [0, 0.05) is 37.8 Å². The fraction of sp³-hybridized carbons (Fsp3) is 0.333. The molecule has 0 N–H and O–H groups in total. The summed E-state index contributed by atoms with van der Waals surface area (Å²) in [5.41, 5.74) is 1.50. The number of carbonyl (C=O) groups excluding carboxylic acids is 2. The molecule has 2 heterocycles. The minimum atomic E-state index is -0.585. The third-order valence-electron chi connectivity index (χ3n) is 6.55. The van der Waals surface area contributed by atoms with E-state index in [2.05, 4.69) is 15.1 Å². The highest BCUT2D eigenvalue weighted by molar-refractivity contribution is 6.33. The largest absolute Gasteiger partial charge is 0.352 e. The van der Waals surface area contributed by atoms with Crippen LogP contribution in [0.15, 0.2) is 60.7 Å². The molecule has 36 heavy (non-hydrogen) atoms. The lowest BCUT2D eigenvalue weighted by atomic mass is 10.1. The van der Waals surface area contributed by atoms with E-state index in [1.807, 2.05) is 50.2 Å². The van der Waals surface area contributed by atoms with E-state index in [-0.39, 0.29) is 24.1 Å². The number of halogens is 2. The van der Waals surface area contributed by atoms with Crippen molar-refractivity contribution in [1.82, 2.24) is 20.0 Å². The predicted octanol–water partition coefficient (Wildman–Crippen LogP) is 4.53. The van der Waals surface area contributed by atoms with Gasteiger partial charge in [0.15, 0.2) is 5.82 Å². The second kappa shape index (κ2) is 11.5. The molecule has 0 unspecified atom stereocenters. The molecular formula is C27H29ClFN5O2. The van der Waals surface area contributed by atoms with Gasteiger partial charge >= 0.3 is 0 Å². The van der Waals surface area contributed by atoms with Crippen molar-refractivity contribution in [3.05, 3.63) is 77.1 Å². The van der Waals surface area contributed by atoms with Crippen LogP contribution in [0, 0.1) is 5.82 Å². The molecule has 188 valence electrons. The van der Waals surface area contributed by atoms with Crippen molar-refractivity contribution in [2.75, 3.05) is 37.6 Å². The van der Waals surface area contributed by atoms with Crippen molar-refractivity contribution in [2.45, 2.75) is 26.3 Å². The second-order valence-corrected chi connectivity index (χ2v) is 9.20. The van der Waals surface area contributed by atoms with E-state index in [4.69, 9.17) is 11.6 Å². The lowest BCUT2D eigenvalue weighted by Crippen LogP contribution is -2.53. The Morgan fingerprint density at radius 1 is 1.00 bits per heavy atom. The van der Waals surface area contributed by atoms with Crippen molar-refractivity contribution < 1.29 is 14.0 Å². The first-order valence-electron chi connectivity index (χ1n) is 12.1. The van der Waals surface area contributed by atoms with E-state index < -0.39 is 11.7 Å². The van der Waals surface area contributed by atoms with Gasteiger partial charge in [0.25, 0.3) is 5.91 Å². The average molecular weight is 510 g/mol. The third-order valence-corrected chi connectivity index (χ3v) is 6.88. The van der Waals surface area contributed by atoms with Crippen LogP contribution in [0.25, 0.3) is 11.3 Å². The fourth-order valence-electron chi connectivity index (χ4n) is 4.17. The summed E-state index contributed by atoms with van der Waals surface area (Å²) in [6.45, 7) is 5.90. The zero-order valence-electron chi connectivity index (χ0n) is 20.4. The quantitative estimate of drug-likeness (QED) is 0.468. The molecule has 3 aromatic rings. The van der Waals surface area contributed by atoms with E-state index in [0.29, 0.717) is 43.3 Å². The van der Waals surface area contributed by atoms with Gasteiger partial charge in [-0.25, -0.2) is 4.39 Å². The van der Waals surface area contributed by atoms with E-state index in [9.17, 15) is 14.0 Å². The molecule has 2 aromatic carbocycles. The molecular weight excluding hydrogens is 481 g/mol. The number of piperazine rings is 1. The number of aromatic nitrogens is 2. The van der Waals surface area contributed by atoms with Gasteiger partial charge in [-0.05, 0) is 43.7 Å². The minimum absolute atomic E-state index is 0.0192. The lowest BCUT2D eigenvalue weighted by Gasteiger charge is -2.37. The van der Waals surface area contributed by atoms with Crippen LogP contribution in [-0.2, 0) is 4.79 Å². The Morgan fingerprint density at radius 3 is 2.33 bits per heavy atom. The summed E-state index contributed by atoms with van der Waals surface area (Å²) >= 11 is 6.26. The van der Waals surface area contributed by atoms with Gasteiger partial charge < -0.3 is 14.7 Å². The first kappa shape index (κ1) is 25.6. The minimum Gasteiger partial charge on any atom is -0.352 e. The smallest absolute Gasteiger partial charge is 0.257 e. The molecule has 0 saturated carbocycles. The van der Waals surface area contributed by atoms with Crippen LogP contribution >= 0.6 is 11.6 Å². The van der Waals surface area contributed by atoms with E-state index in [1.165, 1.54) is 17.0 Å². The van der Waals surface area contributed by atoms with Crippen LogP contribution in [0.5, 0.6) is 0 Å². The van der Waals surface area contributed by atoms with Gasteiger partial charge in [-0.2, -0.15) is 0 Å². The molecule has 1 aliphatic heterocycles. The Kier molecular flexibility index (Phi) is 8.15. The summed E-state index contributed by atoms with van der Waals surface area (Å²) < 4.78 is 14.2. The molecule has 4 rings (SSSR count). The normalized spacial score (nSPS) is 14.4. The molecule has 1 aliphatic rings. The zero-order chi connectivity index (χ0) is 25.7. The predicted molar refractivity (Wildman–Crippen MR) is 138 cm³/mol. The van der Waals surface area contributed by atoms with Gasteiger partial charge in [-0.3, -0.25) is 9.59 Å². The first-order valence-corrected chi connectivity index (χ1v) is 12.4. The fourth-order valence-corrected chi connectivity index (χ4v) is 4.41. The maximum atomic E-state index is 14.2. The SMILES string of the molecule is CC[C@H](C)N(CC(=O)N1CCN(c2ccc(-c3ccccc3Cl)nn2)CC1)C(=O)c1ccccc1F. The maximum Gasteiger partial charge on any atom is 0.257 e. The Hall–Kier alpha value is -3.52. The molecule has 2 amide bonds. The molecule has 1 aromatic heterocycles. The summed E-state index contributed by atoms with van der Waals surface area (Å²) in [6.07, 6.45) is 0.657. The number of benzene rings is 2. The Labute approximate surface area is 215 Å². The number of amides is 2. The molecule has 7 nitrogen and oxygen atoms in total. The maximum absolute atomic E-state index is 14.2. The number of hydrogen-bond acceptors (Lipinski definition) is 5. The third kappa shape index (κ3) is 5.65. The van der Waals surface area contributed by atoms with Crippen LogP contribution in [0.3, 0.4) is 0 Å². The van der Waals surface area contributed by atoms with Gasteiger partial charge in [-0.15, -0.1) is 10.2 Å². The molecule has 1 fully saturated rings. The van der Waals surface area contributed by atoms with Crippen molar-refractivity contribution in [1.29, 1.82) is 0 Å². The molecule has 0 radical (unpaired) electrons. The monoisotopic (exact) mass is 509 g/mol. The highest BCUT2D eigenvalue weighted by Crippen LogP contribution is 2.26. The molecule has 1 saturated heterocycles. The van der Waals surface area contributed by atoms with E-state index in [1.54, 1.807) is 17.0 Å². The number of nitrogens with zero attached hydrogens (tertiary/aromatic N) is 5. The average Bonchev–Trinajstić information content (AvgIpc) is 2.91. The highest BCUT2D eigenvalue weighted by Gasteiger charge is 2.29. The van der Waals surface area contributed by atoms with Crippen LogP contribution in [0.4, 0.5) is 10.2 Å². The molecule has 0 bridgehead atoms. The first-order chi connectivity index (χ1) is 17.4. The van der Waals surface area contributed by atoms with Gasteiger partial charge in [0.2, 0.25) is 5.91 Å². The standard InChI is InChI=1S/C27H29ClFN5O2/c1-3-19(2)34(27(36)21-9-5-7-11-23(21)29)18-26(35)33-16-14-32(15-17-33)25-13-12-24(30-31-25)20-8-4-6-10-22(20)28/h4-13,19H,3,14-18H2,1-2H3/t19-/m0/s1. The summed E-state index contributed by atoms with van der Waals surface area (Å²) in [5.74, 6) is -0.476. The Morgan fingerprint density at radius 2 is 1.69 bits per heavy atom. The van der Waals surface area contributed by atoms with Crippen molar-refractivity contribution >= 4 is 29.2 Å². The zero-order valence-corrected chi connectivity index (χ0v) is 21.2. The molecule has 0 aliphatic carbocycles. The van der Waals surface area contributed by atoms with Crippen LogP contribution in [-0.4, -0.2) is 70.6 Å². The Bertz CT molecular complexity index is 1210. The topological polar surface area (TPSA) is 69.6 Å². The number of carbonyl (C=O) groups is 2. The number of hydrogen-bond donors (Lipinski definition) is 0. The van der Waals surface area contributed by atoms with Gasteiger partial charge in [0.05, 0.1) is 16.3 Å². The number of anilines is 1. The molecule has 1 atom stereocenters. The highest BCUT2D eigenvalue weighted by atomic mass is 35.5. The summed E-state index contributed by atoms with van der Waals surface area (Å²) in [5, 5.41) is 9.31. The summed E-state index contributed by atoms with van der Waals surface area (Å²) in [4.78, 5) is 31.4. The van der Waals surface area contributed by atoms with Gasteiger partial charge in [-0.1, -0.05) is 48.9 Å². The molecule has 9 heteroatoms. The number of rotatable bonds is 7. The van der Waals surface area contributed by atoms with Crippen LogP contribution < -0.4 is 4.90 Å². The lowest BCUT2D eigenvalue weighted by molar-refractivity contribution is -0.132. The molecule has 0 spiro atoms. The summed E-state index contributed by atoms with van der Waals surface area (Å²) in [6, 6.07) is 16.9. The summed E-state index contributed by atoms with van der Waals surface area (Å²) in [7, 11) is 0.